The molecule has 0 spiro atoms. The molecule has 0 aliphatic heterocycles. The highest BCUT2D eigenvalue weighted by Crippen LogP contribution is 2.46. The summed E-state index contributed by atoms with van der Waals surface area (Å²) in [5.74, 6) is 5.43. The largest absolute Gasteiger partial charge is 0.384 e. The van der Waals surface area contributed by atoms with Gasteiger partial charge in [-0.25, -0.2) is 0 Å². The number of amides is 1. The van der Waals surface area contributed by atoms with Crippen LogP contribution in [0.1, 0.15) is 34.3 Å². The molecule has 106 valence electrons. The Morgan fingerprint density at radius 3 is 2.85 bits per heavy atom. The van der Waals surface area contributed by atoms with Crippen LogP contribution in [-0.4, -0.2) is 35.2 Å². The summed E-state index contributed by atoms with van der Waals surface area (Å²) >= 11 is 1.83. The van der Waals surface area contributed by atoms with Crippen molar-refractivity contribution >= 4 is 17.7 Å². The van der Waals surface area contributed by atoms with Crippen molar-refractivity contribution in [2.75, 3.05) is 19.4 Å². The lowest BCUT2D eigenvalue weighted by Crippen LogP contribution is -2.31. The lowest BCUT2D eigenvalue weighted by Gasteiger charge is -2.13. The highest BCUT2D eigenvalue weighted by atomic mass is 32.2. The number of carbonyl (C=O) groups is 1. The molecule has 0 saturated heterocycles. The van der Waals surface area contributed by atoms with Gasteiger partial charge < -0.3 is 10.4 Å². The molecule has 0 bridgehead atoms. The molecule has 0 unspecified atom stereocenters. The number of thioether (sulfide) groups is 1. The zero-order valence-corrected chi connectivity index (χ0v) is 12.6. The molecule has 0 atom stereocenters. The fraction of sp³-hybridized carbons (Fsp3) is 0.438. The third kappa shape index (κ3) is 3.56. The molecular weight excluding hydrogens is 270 g/mol. The standard InChI is InChI=1S/C16H19NO2S/c1-12-5-6-14(10-13(12)4-3-9-18)15(19)17-11-16(20-2)7-8-16/h5-6,10,18H,7-9,11H2,1-2H3,(H,17,19). The van der Waals surface area contributed by atoms with Crippen LogP contribution in [0.4, 0.5) is 0 Å². The SMILES string of the molecule is CSC1(CNC(=O)c2ccc(C)c(C#CCO)c2)CC1. The summed E-state index contributed by atoms with van der Waals surface area (Å²) in [5.41, 5.74) is 2.41. The number of rotatable bonds is 4. The van der Waals surface area contributed by atoms with Crippen LogP contribution in [-0.2, 0) is 0 Å². The highest BCUT2D eigenvalue weighted by molar-refractivity contribution is 8.00. The molecule has 2 rings (SSSR count). The van der Waals surface area contributed by atoms with E-state index in [1.807, 2.05) is 30.8 Å². The van der Waals surface area contributed by atoms with Crippen LogP contribution >= 0.6 is 11.8 Å². The second kappa shape index (κ2) is 6.34. The Morgan fingerprint density at radius 2 is 2.25 bits per heavy atom. The zero-order chi connectivity index (χ0) is 14.6. The van der Waals surface area contributed by atoms with Gasteiger partial charge in [0.1, 0.15) is 6.61 Å². The van der Waals surface area contributed by atoms with Crippen molar-refractivity contribution in [1.29, 1.82) is 0 Å². The van der Waals surface area contributed by atoms with Crippen LogP contribution in [0.25, 0.3) is 0 Å². The summed E-state index contributed by atoms with van der Waals surface area (Å²) in [4.78, 5) is 12.2. The highest BCUT2D eigenvalue weighted by Gasteiger charge is 2.41. The van der Waals surface area contributed by atoms with Crippen molar-refractivity contribution in [1.82, 2.24) is 5.32 Å². The molecular formula is C16H19NO2S. The average Bonchev–Trinajstić information content (AvgIpc) is 3.24. The minimum Gasteiger partial charge on any atom is -0.384 e. The number of aliphatic hydroxyl groups excluding tert-OH is 1. The van der Waals surface area contributed by atoms with Crippen LogP contribution in [0.3, 0.4) is 0 Å². The molecule has 4 heteroatoms. The molecule has 20 heavy (non-hydrogen) atoms. The van der Waals surface area contributed by atoms with Gasteiger partial charge in [-0.2, -0.15) is 11.8 Å². The predicted molar refractivity (Wildman–Crippen MR) is 83.0 cm³/mol. The molecule has 0 heterocycles. The maximum Gasteiger partial charge on any atom is 0.251 e. The lowest BCUT2D eigenvalue weighted by molar-refractivity contribution is 0.0953. The van der Waals surface area contributed by atoms with E-state index in [-0.39, 0.29) is 17.3 Å². The summed E-state index contributed by atoms with van der Waals surface area (Å²) in [6.07, 6.45) is 4.44. The minimum absolute atomic E-state index is 0.0580. The van der Waals surface area contributed by atoms with Crippen molar-refractivity contribution in [2.45, 2.75) is 24.5 Å². The second-order valence-corrected chi connectivity index (χ2v) is 6.33. The van der Waals surface area contributed by atoms with Gasteiger partial charge in [0.25, 0.3) is 5.91 Å². The van der Waals surface area contributed by atoms with Gasteiger partial charge in [0, 0.05) is 22.4 Å². The fourth-order valence-electron chi connectivity index (χ4n) is 1.97. The van der Waals surface area contributed by atoms with Gasteiger partial charge in [-0.1, -0.05) is 17.9 Å². The summed E-state index contributed by atoms with van der Waals surface area (Å²) < 4.78 is 0.264. The average molecular weight is 289 g/mol. The third-order valence-corrected chi connectivity index (χ3v) is 5.03. The summed E-state index contributed by atoms with van der Waals surface area (Å²) in [7, 11) is 0. The van der Waals surface area contributed by atoms with Crippen molar-refractivity contribution in [3.63, 3.8) is 0 Å². The first-order chi connectivity index (χ1) is 9.60. The molecule has 3 nitrogen and oxygen atoms in total. The maximum absolute atomic E-state index is 12.2. The Bertz CT molecular complexity index is 568. The van der Waals surface area contributed by atoms with Gasteiger partial charge in [-0.05, 0) is 43.7 Å². The van der Waals surface area contributed by atoms with Crippen molar-refractivity contribution in [2.24, 2.45) is 0 Å². The normalized spacial score (nSPS) is 15.2. The van der Waals surface area contributed by atoms with E-state index in [0.717, 1.165) is 17.7 Å². The first kappa shape index (κ1) is 15.0. The fourth-order valence-corrected chi connectivity index (χ4v) is 2.70. The number of hydrogen-bond acceptors (Lipinski definition) is 3. The van der Waals surface area contributed by atoms with E-state index in [9.17, 15) is 4.79 Å². The summed E-state index contributed by atoms with van der Waals surface area (Å²) in [5, 5.41) is 11.7. The van der Waals surface area contributed by atoms with Crippen molar-refractivity contribution in [3.8, 4) is 11.8 Å². The number of nitrogens with one attached hydrogen (secondary N) is 1. The van der Waals surface area contributed by atoms with Crippen molar-refractivity contribution < 1.29 is 9.90 Å². The van der Waals surface area contributed by atoms with E-state index >= 15 is 0 Å². The Labute approximate surface area is 124 Å². The molecule has 1 saturated carbocycles. The molecule has 0 radical (unpaired) electrons. The first-order valence-electron chi connectivity index (χ1n) is 6.64. The molecule has 0 aromatic heterocycles. The molecule has 1 fully saturated rings. The molecule has 1 aromatic rings. The summed E-state index contributed by atoms with van der Waals surface area (Å²) in [6.45, 7) is 2.49. The monoisotopic (exact) mass is 289 g/mol. The van der Waals surface area contributed by atoms with Gasteiger partial charge in [0.15, 0.2) is 0 Å². The Hall–Kier alpha value is -1.44. The van der Waals surface area contributed by atoms with E-state index in [2.05, 4.69) is 23.4 Å². The van der Waals surface area contributed by atoms with Gasteiger partial charge >= 0.3 is 0 Å². The van der Waals surface area contributed by atoms with Gasteiger partial charge in [0.05, 0.1) is 0 Å². The topological polar surface area (TPSA) is 49.3 Å². The van der Waals surface area contributed by atoms with Gasteiger partial charge in [-0.15, -0.1) is 0 Å². The number of aryl methyl sites for hydroxylation is 1. The molecule has 1 aliphatic rings. The maximum atomic E-state index is 12.2. The van der Waals surface area contributed by atoms with Gasteiger partial charge in [0.2, 0.25) is 0 Å². The van der Waals surface area contributed by atoms with E-state index in [0.29, 0.717) is 5.56 Å². The first-order valence-corrected chi connectivity index (χ1v) is 7.86. The molecule has 1 aliphatic carbocycles. The number of aliphatic hydroxyl groups is 1. The molecule has 1 amide bonds. The Kier molecular flexibility index (Phi) is 4.74. The Balaban J connectivity index is 2.06. The quantitative estimate of drug-likeness (QED) is 0.833. The predicted octanol–water partition coefficient (Wildman–Crippen LogP) is 1.96. The number of carbonyl (C=O) groups excluding carboxylic acids is 1. The van der Waals surface area contributed by atoms with Crippen LogP contribution in [0.15, 0.2) is 18.2 Å². The van der Waals surface area contributed by atoms with Crippen LogP contribution < -0.4 is 5.32 Å². The van der Waals surface area contributed by atoms with E-state index < -0.39 is 0 Å². The molecule has 2 N–H and O–H groups in total. The van der Waals surface area contributed by atoms with Crippen LogP contribution in [0.5, 0.6) is 0 Å². The lowest BCUT2D eigenvalue weighted by atomic mass is 10.0. The van der Waals surface area contributed by atoms with Crippen LogP contribution in [0.2, 0.25) is 0 Å². The van der Waals surface area contributed by atoms with E-state index in [4.69, 9.17) is 5.11 Å². The van der Waals surface area contributed by atoms with Crippen LogP contribution in [0, 0.1) is 18.8 Å². The minimum atomic E-state index is -0.174. The Morgan fingerprint density at radius 1 is 1.50 bits per heavy atom. The third-order valence-electron chi connectivity index (χ3n) is 3.61. The molecule has 1 aromatic carbocycles. The number of benzene rings is 1. The zero-order valence-electron chi connectivity index (χ0n) is 11.8. The van der Waals surface area contributed by atoms with Gasteiger partial charge in [-0.3, -0.25) is 4.79 Å². The second-order valence-electron chi connectivity index (χ2n) is 5.06. The van der Waals surface area contributed by atoms with Crippen molar-refractivity contribution in [3.05, 3.63) is 34.9 Å². The summed E-state index contributed by atoms with van der Waals surface area (Å²) in [6, 6.07) is 5.48. The van der Waals surface area contributed by atoms with E-state index in [1.165, 1.54) is 12.8 Å². The smallest absolute Gasteiger partial charge is 0.251 e. The number of hydrogen-bond donors (Lipinski definition) is 2. The van der Waals surface area contributed by atoms with E-state index in [1.54, 1.807) is 6.07 Å².